The fourth-order valence-corrected chi connectivity index (χ4v) is 2.86. The van der Waals surface area contributed by atoms with Crippen LogP contribution in [0.4, 0.5) is 5.69 Å². The Kier molecular flexibility index (Phi) is 4.42. The first-order valence-electron chi connectivity index (χ1n) is 8.13. The predicted molar refractivity (Wildman–Crippen MR) is 89.0 cm³/mol. The molecule has 24 heavy (non-hydrogen) atoms. The van der Waals surface area contributed by atoms with Gasteiger partial charge >= 0.3 is 0 Å². The Morgan fingerprint density at radius 2 is 1.79 bits per heavy atom. The molecule has 0 aromatic carbocycles. The van der Waals surface area contributed by atoms with Crippen LogP contribution in [0.1, 0.15) is 42.6 Å². The molecule has 1 aliphatic rings. The highest BCUT2D eigenvalue weighted by Gasteiger charge is 2.25. The summed E-state index contributed by atoms with van der Waals surface area (Å²) in [6, 6.07) is 0. The molecule has 0 saturated heterocycles. The van der Waals surface area contributed by atoms with Crippen LogP contribution in [0.5, 0.6) is 0 Å². The van der Waals surface area contributed by atoms with E-state index in [4.69, 9.17) is 0 Å². The lowest BCUT2D eigenvalue weighted by Crippen LogP contribution is -2.27. The third kappa shape index (κ3) is 3.20. The van der Waals surface area contributed by atoms with Gasteiger partial charge in [-0.25, -0.2) is 14.6 Å². The van der Waals surface area contributed by atoms with Crippen molar-refractivity contribution in [2.45, 2.75) is 46.5 Å². The zero-order valence-corrected chi connectivity index (χ0v) is 14.2. The van der Waals surface area contributed by atoms with E-state index in [2.05, 4.69) is 20.4 Å². The minimum atomic E-state index is -0.110. The molecule has 0 spiro atoms. The molecule has 126 valence electrons. The molecule has 1 saturated carbocycles. The smallest absolute Gasteiger partial charge is 0.250 e. The third-order valence-corrected chi connectivity index (χ3v) is 4.66. The number of aromatic nitrogens is 4. The van der Waals surface area contributed by atoms with Crippen LogP contribution in [-0.2, 0) is 9.59 Å². The molecule has 2 heterocycles. The molecule has 7 nitrogen and oxygen atoms in total. The fraction of sp³-hybridized carbons (Fsp3) is 0.471. The van der Waals surface area contributed by atoms with Gasteiger partial charge in [0.2, 0.25) is 5.91 Å². The number of rotatable bonds is 3. The topological polar surface area (TPSA) is 89.8 Å². The Labute approximate surface area is 140 Å². The van der Waals surface area contributed by atoms with Gasteiger partial charge in [0.15, 0.2) is 0 Å². The summed E-state index contributed by atoms with van der Waals surface area (Å²) in [4.78, 5) is 32.1. The molecule has 0 atom stereocenters. The van der Waals surface area contributed by atoms with E-state index >= 15 is 0 Å². The van der Waals surface area contributed by atoms with Crippen molar-refractivity contribution in [1.82, 2.24) is 19.7 Å². The molecule has 1 fully saturated rings. The number of ketones is 1. The summed E-state index contributed by atoms with van der Waals surface area (Å²) in [6.45, 7) is 5.93. The maximum atomic E-state index is 12.2. The van der Waals surface area contributed by atoms with Gasteiger partial charge in [-0.1, -0.05) is 0 Å². The largest absolute Gasteiger partial charge is 0.323 e. The van der Waals surface area contributed by atoms with Crippen LogP contribution in [0.25, 0.3) is 5.95 Å². The molecule has 2 aromatic heterocycles. The van der Waals surface area contributed by atoms with E-state index in [1.54, 1.807) is 17.1 Å². The Hall–Kier alpha value is -2.57. The minimum Gasteiger partial charge on any atom is -0.323 e. The van der Waals surface area contributed by atoms with E-state index < -0.39 is 0 Å². The number of carbonyl (C=O) groups excluding carboxylic acids is 2. The first-order valence-corrected chi connectivity index (χ1v) is 8.13. The van der Waals surface area contributed by atoms with Crippen LogP contribution < -0.4 is 5.32 Å². The SMILES string of the molecule is Cc1nn(-c2ncc(NC(=O)C3CCC(=O)CC3)cn2)c(C)c1C. The number of hydrogen-bond acceptors (Lipinski definition) is 5. The quantitative estimate of drug-likeness (QED) is 0.934. The second-order valence-electron chi connectivity index (χ2n) is 6.28. The lowest BCUT2D eigenvalue weighted by atomic mass is 9.88. The van der Waals surface area contributed by atoms with Crippen LogP contribution in [0.2, 0.25) is 0 Å². The zero-order valence-electron chi connectivity index (χ0n) is 14.2. The number of anilines is 1. The van der Waals surface area contributed by atoms with Crippen molar-refractivity contribution in [3.8, 4) is 5.95 Å². The minimum absolute atomic E-state index is 0.0687. The van der Waals surface area contributed by atoms with Crippen LogP contribution >= 0.6 is 0 Å². The predicted octanol–water partition coefficient (Wildman–Crippen LogP) is 2.29. The second-order valence-corrected chi connectivity index (χ2v) is 6.28. The monoisotopic (exact) mass is 327 g/mol. The van der Waals surface area contributed by atoms with Crippen LogP contribution in [0, 0.1) is 26.7 Å². The van der Waals surface area contributed by atoms with Crippen molar-refractivity contribution < 1.29 is 9.59 Å². The molecular formula is C17H21N5O2. The molecule has 2 aromatic rings. The molecule has 0 radical (unpaired) electrons. The van der Waals surface area contributed by atoms with Crippen molar-refractivity contribution in [3.05, 3.63) is 29.3 Å². The second kappa shape index (κ2) is 6.51. The van der Waals surface area contributed by atoms with Gasteiger partial charge < -0.3 is 5.32 Å². The molecule has 0 aliphatic heterocycles. The maximum Gasteiger partial charge on any atom is 0.250 e. The average molecular weight is 327 g/mol. The highest BCUT2D eigenvalue weighted by atomic mass is 16.2. The molecule has 1 N–H and O–H groups in total. The molecular weight excluding hydrogens is 306 g/mol. The van der Waals surface area contributed by atoms with Gasteiger partial charge in [0.1, 0.15) is 5.78 Å². The number of nitrogens with zero attached hydrogens (tertiary/aromatic N) is 4. The number of carbonyl (C=O) groups is 2. The van der Waals surface area contributed by atoms with E-state index in [1.165, 1.54) is 0 Å². The van der Waals surface area contributed by atoms with Crippen molar-refractivity contribution in [2.24, 2.45) is 5.92 Å². The third-order valence-electron chi connectivity index (χ3n) is 4.66. The van der Waals surface area contributed by atoms with E-state index in [0.29, 0.717) is 37.3 Å². The summed E-state index contributed by atoms with van der Waals surface area (Å²) in [7, 11) is 0. The van der Waals surface area contributed by atoms with Crippen LogP contribution in [0.3, 0.4) is 0 Å². The summed E-state index contributed by atoms with van der Waals surface area (Å²) in [5.41, 5.74) is 3.61. The van der Waals surface area contributed by atoms with Gasteiger partial charge in [-0.15, -0.1) is 0 Å². The standard InChI is InChI=1S/C17H21N5O2/c1-10-11(2)21-22(12(10)3)17-18-8-14(9-19-17)20-16(24)13-4-6-15(23)7-5-13/h8-9,13H,4-7H2,1-3H3,(H,20,24). The van der Waals surface area contributed by atoms with E-state index in [9.17, 15) is 9.59 Å². The number of aryl methyl sites for hydroxylation is 1. The fourth-order valence-electron chi connectivity index (χ4n) is 2.86. The van der Waals surface area contributed by atoms with Gasteiger partial charge in [0.05, 0.1) is 23.8 Å². The first-order chi connectivity index (χ1) is 11.5. The Balaban J connectivity index is 1.69. The number of Topliss-reactive ketones (excluding diaryl/α,β-unsaturated/α-hetero) is 1. The van der Waals surface area contributed by atoms with Gasteiger partial charge in [-0.3, -0.25) is 9.59 Å². The number of hydrogen-bond donors (Lipinski definition) is 1. The average Bonchev–Trinajstić information content (AvgIpc) is 2.84. The van der Waals surface area contributed by atoms with E-state index in [-0.39, 0.29) is 17.6 Å². The lowest BCUT2D eigenvalue weighted by Gasteiger charge is -2.19. The highest BCUT2D eigenvalue weighted by Crippen LogP contribution is 2.23. The van der Waals surface area contributed by atoms with Gasteiger partial charge in [0, 0.05) is 24.5 Å². The highest BCUT2D eigenvalue weighted by molar-refractivity contribution is 5.93. The number of nitrogens with one attached hydrogen (secondary N) is 1. The van der Waals surface area contributed by atoms with Gasteiger partial charge in [0.25, 0.3) is 5.95 Å². The van der Waals surface area contributed by atoms with Crippen molar-refractivity contribution in [3.63, 3.8) is 0 Å². The summed E-state index contributed by atoms with van der Waals surface area (Å²) in [6.07, 6.45) is 5.39. The van der Waals surface area contributed by atoms with E-state index in [1.807, 2.05) is 20.8 Å². The Morgan fingerprint density at radius 3 is 2.33 bits per heavy atom. The van der Waals surface area contributed by atoms with Crippen LogP contribution in [0.15, 0.2) is 12.4 Å². The summed E-state index contributed by atoms with van der Waals surface area (Å²) >= 11 is 0. The lowest BCUT2D eigenvalue weighted by molar-refractivity contribution is -0.125. The molecule has 7 heteroatoms. The zero-order chi connectivity index (χ0) is 17.3. The Bertz CT molecular complexity index is 769. The van der Waals surface area contributed by atoms with Gasteiger partial charge in [-0.2, -0.15) is 5.10 Å². The normalized spacial score (nSPS) is 15.5. The van der Waals surface area contributed by atoms with Crippen molar-refractivity contribution in [1.29, 1.82) is 0 Å². The summed E-state index contributed by atoms with van der Waals surface area (Å²) in [5, 5.41) is 7.25. The van der Waals surface area contributed by atoms with E-state index in [0.717, 1.165) is 17.0 Å². The molecule has 0 unspecified atom stereocenters. The van der Waals surface area contributed by atoms with Crippen LogP contribution in [-0.4, -0.2) is 31.4 Å². The van der Waals surface area contributed by atoms with Gasteiger partial charge in [-0.05, 0) is 39.2 Å². The molecule has 1 aliphatic carbocycles. The summed E-state index contributed by atoms with van der Waals surface area (Å²) in [5.74, 6) is 0.540. The Morgan fingerprint density at radius 1 is 1.17 bits per heavy atom. The molecule has 0 bridgehead atoms. The molecule has 3 rings (SSSR count). The number of amides is 1. The molecule has 1 amide bonds. The summed E-state index contributed by atoms with van der Waals surface area (Å²) < 4.78 is 1.70. The van der Waals surface area contributed by atoms with Crippen molar-refractivity contribution >= 4 is 17.4 Å². The van der Waals surface area contributed by atoms with Crippen molar-refractivity contribution in [2.75, 3.05) is 5.32 Å². The first kappa shape index (κ1) is 16.3. The maximum absolute atomic E-state index is 12.2.